The van der Waals surface area contributed by atoms with E-state index in [2.05, 4.69) is 27.3 Å². The smallest absolute Gasteiger partial charge is 0.194 e. The highest BCUT2D eigenvalue weighted by Gasteiger charge is 2.11. The third kappa shape index (κ3) is 4.59. The molecule has 1 N–H and O–H groups in total. The zero-order chi connectivity index (χ0) is 17.5. The largest absolute Gasteiger partial charge is 0.469 e. The lowest BCUT2D eigenvalue weighted by atomic mass is 10.2. The van der Waals surface area contributed by atoms with Crippen LogP contribution >= 0.6 is 0 Å². The SMILES string of the molecule is CCCCNC(=NCc1nnc(C)n1C)N(C)Cc1ccoc1C. The predicted molar refractivity (Wildman–Crippen MR) is 94.7 cm³/mol. The Morgan fingerprint density at radius 3 is 2.75 bits per heavy atom. The van der Waals surface area contributed by atoms with Crippen LogP contribution < -0.4 is 5.32 Å². The minimum Gasteiger partial charge on any atom is -0.469 e. The van der Waals surface area contributed by atoms with Gasteiger partial charge in [0.1, 0.15) is 18.1 Å². The fourth-order valence-corrected chi connectivity index (χ4v) is 2.33. The van der Waals surface area contributed by atoms with Crippen LogP contribution in [0.2, 0.25) is 0 Å². The Morgan fingerprint density at radius 1 is 1.38 bits per heavy atom. The molecule has 2 aromatic rings. The summed E-state index contributed by atoms with van der Waals surface area (Å²) >= 11 is 0. The van der Waals surface area contributed by atoms with Crippen molar-refractivity contribution in [1.82, 2.24) is 25.0 Å². The number of hydrogen-bond donors (Lipinski definition) is 1. The van der Waals surface area contributed by atoms with E-state index in [0.717, 1.165) is 54.9 Å². The number of nitrogens with zero attached hydrogens (tertiary/aromatic N) is 5. The van der Waals surface area contributed by atoms with Crippen molar-refractivity contribution in [3.8, 4) is 0 Å². The number of furan rings is 1. The minimum atomic E-state index is 0.501. The third-order valence-corrected chi connectivity index (χ3v) is 4.10. The molecule has 0 atom stereocenters. The maximum atomic E-state index is 5.38. The first kappa shape index (κ1) is 18.0. The lowest BCUT2D eigenvalue weighted by Crippen LogP contribution is -2.39. The highest BCUT2D eigenvalue weighted by molar-refractivity contribution is 5.79. The van der Waals surface area contributed by atoms with Crippen LogP contribution in [0.3, 0.4) is 0 Å². The second-order valence-electron chi connectivity index (χ2n) is 6.00. The maximum Gasteiger partial charge on any atom is 0.194 e. The normalized spacial score (nSPS) is 11.8. The molecule has 7 heteroatoms. The standard InChI is InChI=1S/C17H28N6O/c1-6-7-9-18-17(19-11-16-21-20-14(3)23(16)5)22(4)12-15-8-10-24-13(15)2/h8,10H,6-7,9,11-12H2,1-5H3,(H,18,19). The van der Waals surface area contributed by atoms with Gasteiger partial charge in [-0.25, -0.2) is 4.99 Å². The summed E-state index contributed by atoms with van der Waals surface area (Å²) in [7, 11) is 4.00. The first-order valence-electron chi connectivity index (χ1n) is 8.40. The van der Waals surface area contributed by atoms with Gasteiger partial charge < -0.3 is 19.2 Å². The van der Waals surface area contributed by atoms with Crippen molar-refractivity contribution in [3.63, 3.8) is 0 Å². The molecule has 132 valence electrons. The molecular weight excluding hydrogens is 304 g/mol. The summed E-state index contributed by atoms with van der Waals surface area (Å²) in [5.41, 5.74) is 1.16. The lowest BCUT2D eigenvalue weighted by Gasteiger charge is -2.22. The summed E-state index contributed by atoms with van der Waals surface area (Å²) in [6, 6.07) is 2.00. The zero-order valence-corrected chi connectivity index (χ0v) is 15.3. The van der Waals surface area contributed by atoms with Crippen LogP contribution in [0, 0.1) is 13.8 Å². The van der Waals surface area contributed by atoms with E-state index in [0.29, 0.717) is 6.54 Å². The fraction of sp³-hybridized carbons (Fsp3) is 0.588. The molecule has 0 fully saturated rings. The number of aromatic nitrogens is 3. The molecule has 0 aromatic carbocycles. The molecule has 2 heterocycles. The zero-order valence-electron chi connectivity index (χ0n) is 15.3. The number of hydrogen-bond acceptors (Lipinski definition) is 4. The number of nitrogens with one attached hydrogen (secondary N) is 1. The summed E-state index contributed by atoms with van der Waals surface area (Å²) in [5, 5.41) is 11.7. The van der Waals surface area contributed by atoms with Crippen LogP contribution in [0.4, 0.5) is 0 Å². The quantitative estimate of drug-likeness (QED) is 0.479. The summed E-state index contributed by atoms with van der Waals surface area (Å²) in [6.45, 7) is 8.25. The van der Waals surface area contributed by atoms with Gasteiger partial charge in [-0.3, -0.25) is 0 Å². The molecule has 0 spiro atoms. The third-order valence-electron chi connectivity index (χ3n) is 4.10. The second-order valence-corrected chi connectivity index (χ2v) is 6.00. The van der Waals surface area contributed by atoms with Gasteiger partial charge in [-0.05, 0) is 26.3 Å². The molecule has 0 aliphatic heterocycles. The first-order chi connectivity index (χ1) is 11.5. The van der Waals surface area contributed by atoms with Gasteiger partial charge in [-0.15, -0.1) is 10.2 Å². The molecule has 0 saturated carbocycles. The molecule has 0 unspecified atom stereocenters. The van der Waals surface area contributed by atoms with Crippen LogP contribution in [0.1, 0.15) is 42.7 Å². The molecule has 0 saturated heterocycles. The van der Waals surface area contributed by atoms with Crippen LogP contribution in [-0.2, 0) is 20.1 Å². The number of aryl methyl sites for hydroxylation is 2. The Kier molecular flexibility index (Phi) is 6.40. The van der Waals surface area contributed by atoms with Gasteiger partial charge in [0.25, 0.3) is 0 Å². The number of rotatable bonds is 7. The second kappa shape index (κ2) is 8.52. The molecule has 2 aromatic heterocycles. The maximum absolute atomic E-state index is 5.38. The van der Waals surface area contributed by atoms with E-state index >= 15 is 0 Å². The molecule has 0 aliphatic carbocycles. The molecule has 24 heavy (non-hydrogen) atoms. The van der Waals surface area contributed by atoms with Crippen LogP contribution in [0.25, 0.3) is 0 Å². The van der Waals surface area contributed by atoms with Gasteiger partial charge in [-0.1, -0.05) is 13.3 Å². The summed E-state index contributed by atoms with van der Waals surface area (Å²) < 4.78 is 7.35. The molecule has 7 nitrogen and oxygen atoms in total. The Hall–Kier alpha value is -2.31. The summed E-state index contributed by atoms with van der Waals surface area (Å²) in [6.07, 6.45) is 3.98. The summed E-state index contributed by atoms with van der Waals surface area (Å²) in [5.74, 6) is 3.56. The van der Waals surface area contributed by atoms with Crippen LogP contribution in [0.15, 0.2) is 21.7 Å². The van der Waals surface area contributed by atoms with Gasteiger partial charge in [-0.2, -0.15) is 0 Å². The van der Waals surface area contributed by atoms with Crippen molar-refractivity contribution in [1.29, 1.82) is 0 Å². The molecule has 0 amide bonds. The van der Waals surface area contributed by atoms with E-state index in [1.54, 1.807) is 6.26 Å². The van der Waals surface area contributed by atoms with E-state index in [1.165, 1.54) is 0 Å². The van der Waals surface area contributed by atoms with Crippen molar-refractivity contribution in [2.45, 2.75) is 46.7 Å². The van der Waals surface area contributed by atoms with Gasteiger partial charge >= 0.3 is 0 Å². The van der Waals surface area contributed by atoms with Crippen molar-refractivity contribution in [2.75, 3.05) is 13.6 Å². The average molecular weight is 332 g/mol. The fourth-order valence-electron chi connectivity index (χ4n) is 2.33. The van der Waals surface area contributed by atoms with Gasteiger partial charge in [0.05, 0.1) is 6.26 Å². The van der Waals surface area contributed by atoms with Crippen LogP contribution in [0.5, 0.6) is 0 Å². The Labute approximate surface area is 143 Å². The average Bonchev–Trinajstić information content (AvgIpc) is 3.10. The number of guanidine groups is 1. The van der Waals surface area contributed by atoms with E-state index < -0.39 is 0 Å². The highest BCUT2D eigenvalue weighted by atomic mass is 16.3. The molecule has 0 aliphatic rings. The van der Waals surface area contributed by atoms with Gasteiger partial charge in [0.2, 0.25) is 0 Å². The number of aliphatic imine (C=N–C) groups is 1. The Morgan fingerprint density at radius 2 is 2.17 bits per heavy atom. The molecular formula is C17H28N6O. The van der Waals surface area contributed by atoms with Crippen molar-refractivity contribution < 1.29 is 4.42 Å². The van der Waals surface area contributed by atoms with Crippen molar-refractivity contribution in [2.24, 2.45) is 12.0 Å². The Balaban J connectivity index is 2.09. The topological polar surface area (TPSA) is 71.5 Å². The minimum absolute atomic E-state index is 0.501. The Bertz CT molecular complexity index is 672. The van der Waals surface area contributed by atoms with E-state index in [1.807, 2.05) is 38.6 Å². The van der Waals surface area contributed by atoms with E-state index in [9.17, 15) is 0 Å². The first-order valence-corrected chi connectivity index (χ1v) is 8.40. The highest BCUT2D eigenvalue weighted by Crippen LogP contribution is 2.11. The summed E-state index contributed by atoms with van der Waals surface area (Å²) in [4.78, 5) is 6.84. The van der Waals surface area contributed by atoms with Crippen LogP contribution in [-0.4, -0.2) is 39.2 Å². The molecule has 2 rings (SSSR count). The van der Waals surface area contributed by atoms with Gasteiger partial charge in [0.15, 0.2) is 11.8 Å². The molecule has 0 bridgehead atoms. The predicted octanol–water partition coefficient (Wildman–Crippen LogP) is 2.40. The van der Waals surface area contributed by atoms with E-state index in [4.69, 9.17) is 9.41 Å². The number of unbranched alkanes of at least 4 members (excludes halogenated alkanes) is 1. The lowest BCUT2D eigenvalue weighted by molar-refractivity contribution is 0.460. The van der Waals surface area contributed by atoms with Crippen molar-refractivity contribution in [3.05, 3.63) is 35.3 Å². The van der Waals surface area contributed by atoms with E-state index in [-0.39, 0.29) is 0 Å². The monoisotopic (exact) mass is 332 g/mol. The van der Waals surface area contributed by atoms with Gasteiger partial charge in [0, 0.05) is 32.7 Å². The van der Waals surface area contributed by atoms with Crippen molar-refractivity contribution >= 4 is 5.96 Å². The molecule has 0 radical (unpaired) electrons.